The summed E-state index contributed by atoms with van der Waals surface area (Å²) in [5.74, 6) is -1.36. The Hall–Kier alpha value is -3.51. The van der Waals surface area contributed by atoms with E-state index in [1.54, 1.807) is 55.5 Å². The molecule has 0 spiro atoms. The van der Waals surface area contributed by atoms with Gasteiger partial charge in [0.2, 0.25) is 5.91 Å². The lowest BCUT2D eigenvalue weighted by atomic mass is 9.93. The van der Waals surface area contributed by atoms with Crippen LogP contribution >= 0.6 is 0 Å². The summed E-state index contributed by atoms with van der Waals surface area (Å²) in [5.41, 5.74) is 8.30. The van der Waals surface area contributed by atoms with Gasteiger partial charge in [-0.1, -0.05) is 24.3 Å². The topological polar surface area (TPSA) is 92.4 Å². The maximum absolute atomic E-state index is 14.7. The Bertz CT molecular complexity index is 1140. The number of amides is 2. The number of hydrogen-bond acceptors (Lipinski definition) is 3. The van der Waals surface area contributed by atoms with Gasteiger partial charge >= 0.3 is 0 Å². The van der Waals surface area contributed by atoms with Crippen molar-refractivity contribution in [3.63, 3.8) is 0 Å². The average molecular weight is 420 g/mol. The third-order valence-electron chi connectivity index (χ3n) is 4.88. The lowest BCUT2D eigenvalue weighted by molar-refractivity contribution is 0.0941. The van der Waals surface area contributed by atoms with Crippen LogP contribution in [0.1, 0.15) is 57.4 Å². The first-order valence-electron chi connectivity index (χ1n) is 9.96. The van der Waals surface area contributed by atoms with Crippen LogP contribution in [0.5, 0.6) is 0 Å². The number of primary amides is 1. The third kappa shape index (κ3) is 5.16. The second-order valence-corrected chi connectivity index (χ2v) is 7.85. The zero-order chi connectivity index (χ0) is 22.7. The quantitative estimate of drug-likeness (QED) is 0.560. The third-order valence-corrected chi connectivity index (χ3v) is 4.88. The van der Waals surface area contributed by atoms with Crippen molar-refractivity contribution in [2.24, 2.45) is 5.73 Å². The van der Waals surface area contributed by atoms with Gasteiger partial charge in [-0.15, -0.1) is 0 Å². The number of aryl methyl sites for hydroxylation is 1. The van der Waals surface area contributed by atoms with Crippen LogP contribution < -0.4 is 11.1 Å². The number of carbonyl (C=O) groups is 2. The van der Waals surface area contributed by atoms with Crippen molar-refractivity contribution in [1.82, 2.24) is 5.32 Å². The van der Waals surface area contributed by atoms with Gasteiger partial charge in [-0.25, -0.2) is 4.39 Å². The zero-order valence-corrected chi connectivity index (χ0v) is 17.6. The van der Waals surface area contributed by atoms with E-state index >= 15 is 0 Å². The minimum absolute atomic E-state index is 0.0899. The predicted octanol–water partition coefficient (Wildman–Crippen LogP) is 4.12. The van der Waals surface area contributed by atoms with E-state index in [2.05, 4.69) is 5.32 Å². The molecule has 1 unspecified atom stereocenters. The molecule has 3 rings (SSSR count). The molecule has 0 aliphatic carbocycles. The summed E-state index contributed by atoms with van der Waals surface area (Å²) in [7, 11) is 0. The first-order valence-corrected chi connectivity index (χ1v) is 9.96. The Morgan fingerprint density at radius 3 is 2.32 bits per heavy atom. The molecular formula is C25H25FN2O3. The molecule has 0 fully saturated rings. The first-order chi connectivity index (χ1) is 14.7. The molecule has 4 N–H and O–H groups in total. The van der Waals surface area contributed by atoms with Crippen LogP contribution in [0.3, 0.4) is 0 Å². The highest BCUT2D eigenvalue weighted by molar-refractivity contribution is 5.96. The minimum Gasteiger partial charge on any atom is -0.384 e. The second-order valence-electron chi connectivity index (χ2n) is 7.85. The standard InChI is InChI=1S/C25H25FN2O3/c1-14(2)28-25(31)20-12-18(21-8-7-15(3)9-22(21)26)11-19(13-20)23(29)16-5-4-6-17(10-16)24(27)30/h4-14,23,29H,1-3H3,(H2,27,30)(H,28,31). The number of nitrogens with two attached hydrogens (primary N) is 1. The van der Waals surface area contributed by atoms with Crippen molar-refractivity contribution in [2.75, 3.05) is 0 Å². The van der Waals surface area contributed by atoms with Crippen LogP contribution in [-0.2, 0) is 0 Å². The number of halogens is 1. The number of rotatable bonds is 6. The van der Waals surface area contributed by atoms with Crippen molar-refractivity contribution >= 4 is 11.8 Å². The number of hydrogen-bond donors (Lipinski definition) is 3. The van der Waals surface area contributed by atoms with Gasteiger partial charge in [-0.05, 0) is 79.4 Å². The predicted molar refractivity (Wildman–Crippen MR) is 118 cm³/mol. The monoisotopic (exact) mass is 420 g/mol. The van der Waals surface area contributed by atoms with Gasteiger partial charge in [0, 0.05) is 22.7 Å². The van der Waals surface area contributed by atoms with E-state index in [0.29, 0.717) is 27.8 Å². The molecule has 5 nitrogen and oxygen atoms in total. The summed E-state index contributed by atoms with van der Waals surface area (Å²) in [5, 5.41) is 13.8. The molecule has 0 aliphatic heterocycles. The fourth-order valence-electron chi connectivity index (χ4n) is 3.35. The fraction of sp³-hybridized carbons (Fsp3) is 0.200. The van der Waals surface area contributed by atoms with E-state index in [-0.39, 0.29) is 17.5 Å². The Kier molecular flexibility index (Phi) is 6.51. The maximum atomic E-state index is 14.7. The van der Waals surface area contributed by atoms with Crippen molar-refractivity contribution in [2.45, 2.75) is 32.9 Å². The van der Waals surface area contributed by atoms with E-state index in [1.165, 1.54) is 12.1 Å². The molecule has 0 radical (unpaired) electrons. The van der Waals surface area contributed by atoms with E-state index < -0.39 is 17.8 Å². The molecule has 0 saturated heterocycles. The highest BCUT2D eigenvalue weighted by Gasteiger charge is 2.18. The normalized spacial score (nSPS) is 11.9. The Morgan fingerprint density at radius 1 is 0.968 bits per heavy atom. The van der Waals surface area contributed by atoms with Gasteiger partial charge in [-0.3, -0.25) is 9.59 Å². The van der Waals surface area contributed by atoms with E-state index in [1.807, 2.05) is 13.8 Å². The molecule has 160 valence electrons. The number of benzene rings is 3. The van der Waals surface area contributed by atoms with Gasteiger partial charge in [0.15, 0.2) is 0 Å². The molecule has 0 bridgehead atoms. The second kappa shape index (κ2) is 9.10. The fourth-order valence-corrected chi connectivity index (χ4v) is 3.35. The van der Waals surface area contributed by atoms with Crippen LogP contribution in [0.4, 0.5) is 4.39 Å². The first kappa shape index (κ1) is 22.2. The molecule has 0 aliphatic rings. The van der Waals surface area contributed by atoms with E-state index in [0.717, 1.165) is 5.56 Å². The molecule has 3 aromatic rings. The van der Waals surface area contributed by atoms with Gasteiger partial charge in [0.25, 0.3) is 5.91 Å². The lowest BCUT2D eigenvalue weighted by Crippen LogP contribution is -2.30. The molecular weight excluding hydrogens is 395 g/mol. The van der Waals surface area contributed by atoms with Crippen molar-refractivity contribution < 1.29 is 19.1 Å². The minimum atomic E-state index is -1.14. The van der Waals surface area contributed by atoms with Gasteiger partial charge in [0.1, 0.15) is 11.9 Å². The SMILES string of the molecule is Cc1ccc(-c2cc(C(=O)NC(C)C)cc(C(O)c3cccc(C(N)=O)c3)c2)c(F)c1. The number of nitrogens with one attached hydrogen (secondary N) is 1. The van der Waals surface area contributed by atoms with Crippen molar-refractivity contribution in [3.8, 4) is 11.1 Å². The summed E-state index contributed by atoms with van der Waals surface area (Å²) >= 11 is 0. The van der Waals surface area contributed by atoms with Gasteiger partial charge < -0.3 is 16.2 Å². The number of aliphatic hydroxyl groups is 1. The van der Waals surface area contributed by atoms with Crippen LogP contribution in [-0.4, -0.2) is 23.0 Å². The number of carbonyl (C=O) groups excluding carboxylic acids is 2. The Labute approximate surface area is 180 Å². The van der Waals surface area contributed by atoms with Crippen LogP contribution in [0, 0.1) is 12.7 Å². The largest absolute Gasteiger partial charge is 0.384 e. The Morgan fingerprint density at radius 2 is 1.68 bits per heavy atom. The summed E-state index contributed by atoms with van der Waals surface area (Å²) < 4.78 is 14.7. The molecule has 2 amide bonds. The summed E-state index contributed by atoms with van der Waals surface area (Å²) in [6.45, 7) is 5.47. The molecule has 0 aromatic heterocycles. The van der Waals surface area contributed by atoms with Crippen molar-refractivity contribution in [3.05, 3.63) is 94.3 Å². The molecule has 3 aromatic carbocycles. The molecule has 1 atom stereocenters. The summed E-state index contributed by atoms with van der Waals surface area (Å²) in [4.78, 5) is 24.2. The highest BCUT2D eigenvalue weighted by Crippen LogP contribution is 2.31. The van der Waals surface area contributed by atoms with Crippen LogP contribution in [0.15, 0.2) is 60.7 Å². The molecule has 0 heterocycles. The van der Waals surface area contributed by atoms with Gasteiger partial charge in [0.05, 0.1) is 0 Å². The molecule has 31 heavy (non-hydrogen) atoms. The maximum Gasteiger partial charge on any atom is 0.251 e. The number of aliphatic hydroxyl groups excluding tert-OH is 1. The van der Waals surface area contributed by atoms with Crippen LogP contribution in [0.25, 0.3) is 11.1 Å². The van der Waals surface area contributed by atoms with Crippen molar-refractivity contribution in [1.29, 1.82) is 0 Å². The smallest absolute Gasteiger partial charge is 0.251 e. The molecule has 0 saturated carbocycles. The van der Waals surface area contributed by atoms with E-state index in [9.17, 15) is 19.1 Å². The average Bonchev–Trinajstić information content (AvgIpc) is 2.72. The van der Waals surface area contributed by atoms with Gasteiger partial charge in [-0.2, -0.15) is 0 Å². The highest BCUT2D eigenvalue weighted by atomic mass is 19.1. The molecule has 6 heteroatoms. The summed E-state index contributed by atoms with van der Waals surface area (Å²) in [6, 6.07) is 15.9. The van der Waals surface area contributed by atoms with E-state index in [4.69, 9.17) is 5.73 Å². The lowest BCUT2D eigenvalue weighted by Gasteiger charge is -2.17. The van der Waals surface area contributed by atoms with Crippen LogP contribution in [0.2, 0.25) is 0 Å². The Balaban J connectivity index is 2.13. The summed E-state index contributed by atoms with van der Waals surface area (Å²) in [6.07, 6.45) is -1.14. The zero-order valence-electron chi connectivity index (χ0n) is 17.6.